The molecule has 0 aromatic rings. The van der Waals surface area contributed by atoms with Gasteiger partial charge in [-0.2, -0.15) is 0 Å². The second-order valence-corrected chi connectivity index (χ2v) is 5.43. The van der Waals surface area contributed by atoms with E-state index in [4.69, 9.17) is 4.74 Å². The van der Waals surface area contributed by atoms with E-state index in [1.807, 2.05) is 0 Å². The van der Waals surface area contributed by atoms with E-state index in [1.54, 1.807) is 0 Å². The number of hydrogen-bond donors (Lipinski definition) is 1. The molecule has 3 nitrogen and oxygen atoms in total. The summed E-state index contributed by atoms with van der Waals surface area (Å²) < 4.78 is 5.73. The molecule has 2 fully saturated rings. The molecule has 2 aliphatic rings. The first-order valence-corrected chi connectivity index (χ1v) is 7.50. The van der Waals surface area contributed by atoms with Crippen molar-refractivity contribution in [1.82, 2.24) is 10.2 Å². The topological polar surface area (TPSA) is 24.5 Å². The molecule has 2 heterocycles. The van der Waals surface area contributed by atoms with Gasteiger partial charge in [-0.3, -0.25) is 0 Å². The predicted molar refractivity (Wildman–Crippen MR) is 71.4 cm³/mol. The van der Waals surface area contributed by atoms with E-state index in [2.05, 4.69) is 10.2 Å². The maximum absolute atomic E-state index is 5.73. The van der Waals surface area contributed by atoms with Gasteiger partial charge in [-0.25, -0.2) is 0 Å². The van der Waals surface area contributed by atoms with Gasteiger partial charge >= 0.3 is 0 Å². The Hall–Kier alpha value is -0.120. The number of hydrogen-bond acceptors (Lipinski definition) is 3. The van der Waals surface area contributed by atoms with Crippen molar-refractivity contribution in [3.63, 3.8) is 0 Å². The molecule has 0 radical (unpaired) electrons. The van der Waals surface area contributed by atoms with Crippen LogP contribution in [0.4, 0.5) is 0 Å². The second kappa shape index (κ2) is 8.06. The summed E-state index contributed by atoms with van der Waals surface area (Å²) in [6.07, 6.45) is 9.80. The summed E-state index contributed by atoms with van der Waals surface area (Å²) in [5.74, 6) is 0. The standard InChI is InChI=1S/C14H28N2O/c1-4-13-17-14(6-1)7-5-8-15-9-12-16-10-2-3-11-16/h14-15H,1-13H2. The van der Waals surface area contributed by atoms with Crippen LogP contribution in [0.3, 0.4) is 0 Å². The summed E-state index contributed by atoms with van der Waals surface area (Å²) in [5.41, 5.74) is 0. The number of likely N-dealkylation sites (tertiary alicyclic amines) is 1. The highest BCUT2D eigenvalue weighted by molar-refractivity contribution is 4.67. The van der Waals surface area contributed by atoms with Crippen LogP contribution >= 0.6 is 0 Å². The Morgan fingerprint density at radius 3 is 2.71 bits per heavy atom. The van der Waals surface area contributed by atoms with Crippen LogP contribution in [0.15, 0.2) is 0 Å². The van der Waals surface area contributed by atoms with E-state index in [0.717, 1.165) is 19.7 Å². The zero-order valence-electron chi connectivity index (χ0n) is 11.1. The molecule has 1 N–H and O–H groups in total. The van der Waals surface area contributed by atoms with Crippen LogP contribution in [0, 0.1) is 0 Å². The van der Waals surface area contributed by atoms with Crippen molar-refractivity contribution in [2.24, 2.45) is 0 Å². The molecule has 1 unspecified atom stereocenters. The predicted octanol–water partition coefficient (Wildman–Crippen LogP) is 2.02. The highest BCUT2D eigenvalue weighted by Gasteiger charge is 2.13. The summed E-state index contributed by atoms with van der Waals surface area (Å²) in [5, 5.41) is 3.55. The summed E-state index contributed by atoms with van der Waals surface area (Å²) >= 11 is 0. The highest BCUT2D eigenvalue weighted by Crippen LogP contribution is 2.16. The van der Waals surface area contributed by atoms with E-state index in [-0.39, 0.29) is 0 Å². The van der Waals surface area contributed by atoms with Crippen molar-refractivity contribution >= 4 is 0 Å². The van der Waals surface area contributed by atoms with Crippen LogP contribution in [0.1, 0.15) is 44.9 Å². The minimum atomic E-state index is 0.559. The van der Waals surface area contributed by atoms with Gasteiger partial charge in [-0.15, -0.1) is 0 Å². The molecular weight excluding hydrogens is 212 g/mol. The summed E-state index contributed by atoms with van der Waals surface area (Å²) in [4.78, 5) is 2.57. The lowest BCUT2D eigenvalue weighted by Crippen LogP contribution is -2.30. The van der Waals surface area contributed by atoms with E-state index in [9.17, 15) is 0 Å². The van der Waals surface area contributed by atoms with Gasteiger partial charge in [0.15, 0.2) is 0 Å². The Morgan fingerprint density at radius 1 is 1.06 bits per heavy atom. The lowest BCUT2D eigenvalue weighted by molar-refractivity contribution is 0.0102. The molecule has 1 atom stereocenters. The fourth-order valence-electron chi connectivity index (χ4n) is 2.86. The van der Waals surface area contributed by atoms with E-state index < -0.39 is 0 Å². The van der Waals surface area contributed by atoms with E-state index in [1.165, 1.54) is 64.6 Å². The molecule has 0 spiro atoms. The quantitative estimate of drug-likeness (QED) is 0.689. The monoisotopic (exact) mass is 240 g/mol. The molecule has 0 aromatic carbocycles. The summed E-state index contributed by atoms with van der Waals surface area (Å²) in [6, 6.07) is 0. The van der Waals surface area contributed by atoms with Crippen molar-refractivity contribution in [3.05, 3.63) is 0 Å². The molecule has 17 heavy (non-hydrogen) atoms. The van der Waals surface area contributed by atoms with Gasteiger partial charge in [0.1, 0.15) is 0 Å². The van der Waals surface area contributed by atoms with Gasteiger partial charge in [0, 0.05) is 19.7 Å². The third-order valence-corrected chi connectivity index (χ3v) is 3.96. The zero-order valence-corrected chi connectivity index (χ0v) is 11.1. The van der Waals surface area contributed by atoms with Gasteiger partial charge < -0.3 is 15.0 Å². The lowest BCUT2D eigenvalue weighted by Gasteiger charge is -2.22. The van der Waals surface area contributed by atoms with Gasteiger partial charge in [0.25, 0.3) is 0 Å². The largest absolute Gasteiger partial charge is 0.378 e. The Labute approximate surface area is 106 Å². The van der Waals surface area contributed by atoms with Gasteiger partial charge in [-0.1, -0.05) is 0 Å². The SMILES string of the molecule is C1CCC(CCCNCCN2CCCC2)OC1. The molecule has 0 aromatic heterocycles. The van der Waals surface area contributed by atoms with Crippen LogP contribution in [0.5, 0.6) is 0 Å². The Kier molecular flexibility index (Phi) is 6.32. The lowest BCUT2D eigenvalue weighted by atomic mass is 10.0. The number of ether oxygens (including phenoxy) is 1. The van der Waals surface area contributed by atoms with Crippen molar-refractivity contribution < 1.29 is 4.74 Å². The van der Waals surface area contributed by atoms with E-state index in [0.29, 0.717) is 6.10 Å². The smallest absolute Gasteiger partial charge is 0.0575 e. The Bertz CT molecular complexity index is 187. The molecule has 0 bridgehead atoms. The average molecular weight is 240 g/mol. The maximum Gasteiger partial charge on any atom is 0.0575 e. The fraction of sp³-hybridized carbons (Fsp3) is 1.00. The zero-order chi connectivity index (χ0) is 11.8. The first-order chi connectivity index (χ1) is 8.45. The van der Waals surface area contributed by atoms with Crippen LogP contribution in [-0.4, -0.2) is 50.3 Å². The third-order valence-electron chi connectivity index (χ3n) is 3.96. The van der Waals surface area contributed by atoms with Gasteiger partial charge in [-0.05, 0) is 64.6 Å². The second-order valence-electron chi connectivity index (χ2n) is 5.43. The van der Waals surface area contributed by atoms with Crippen LogP contribution in [0.2, 0.25) is 0 Å². The molecule has 0 amide bonds. The molecule has 3 heteroatoms. The Balaban J connectivity index is 1.38. The molecular formula is C14H28N2O. The molecule has 2 saturated heterocycles. The normalized spacial score (nSPS) is 26.5. The molecule has 100 valence electrons. The van der Waals surface area contributed by atoms with Crippen molar-refractivity contribution in [1.29, 1.82) is 0 Å². The van der Waals surface area contributed by atoms with Gasteiger partial charge in [0.05, 0.1) is 6.10 Å². The minimum absolute atomic E-state index is 0.559. The Morgan fingerprint density at radius 2 is 1.94 bits per heavy atom. The summed E-state index contributed by atoms with van der Waals surface area (Å²) in [7, 11) is 0. The van der Waals surface area contributed by atoms with Crippen LogP contribution < -0.4 is 5.32 Å². The summed E-state index contributed by atoms with van der Waals surface area (Å²) in [6.45, 7) is 7.18. The molecule has 2 rings (SSSR count). The van der Waals surface area contributed by atoms with Gasteiger partial charge in [0.2, 0.25) is 0 Å². The number of nitrogens with zero attached hydrogens (tertiary/aromatic N) is 1. The van der Waals surface area contributed by atoms with Crippen molar-refractivity contribution in [2.75, 3.05) is 39.3 Å². The minimum Gasteiger partial charge on any atom is -0.378 e. The molecule has 2 aliphatic heterocycles. The maximum atomic E-state index is 5.73. The van der Waals surface area contributed by atoms with Crippen molar-refractivity contribution in [2.45, 2.75) is 51.0 Å². The number of rotatable bonds is 7. The average Bonchev–Trinajstić information content (AvgIpc) is 2.88. The van der Waals surface area contributed by atoms with Crippen LogP contribution in [-0.2, 0) is 4.74 Å². The number of nitrogens with one attached hydrogen (secondary N) is 1. The molecule has 0 aliphatic carbocycles. The first kappa shape index (κ1) is 13.3. The van der Waals surface area contributed by atoms with Crippen molar-refractivity contribution in [3.8, 4) is 0 Å². The van der Waals surface area contributed by atoms with E-state index >= 15 is 0 Å². The highest BCUT2D eigenvalue weighted by atomic mass is 16.5. The first-order valence-electron chi connectivity index (χ1n) is 7.50. The molecule has 0 saturated carbocycles. The fourth-order valence-corrected chi connectivity index (χ4v) is 2.86. The third kappa shape index (κ3) is 5.36. The van der Waals surface area contributed by atoms with Crippen LogP contribution in [0.25, 0.3) is 0 Å².